The number of aromatic nitrogens is 1. The number of pyridine rings is 1. The lowest BCUT2D eigenvalue weighted by Crippen LogP contribution is -2.49. The van der Waals surface area contributed by atoms with Gasteiger partial charge in [-0.2, -0.15) is 0 Å². The van der Waals surface area contributed by atoms with Gasteiger partial charge in [0.05, 0.1) is 0 Å². The van der Waals surface area contributed by atoms with Gasteiger partial charge in [-0.1, -0.05) is 19.1 Å². The van der Waals surface area contributed by atoms with Crippen LogP contribution in [0.3, 0.4) is 0 Å². The lowest BCUT2D eigenvalue weighted by atomic mass is 9.52. The van der Waals surface area contributed by atoms with Crippen LogP contribution in [0.15, 0.2) is 29.1 Å². The number of hydrogen-bond donors (Lipinski definition) is 2. The smallest absolute Gasteiger partial charge is 0.261 e. The van der Waals surface area contributed by atoms with Gasteiger partial charge in [-0.25, -0.2) is 0 Å². The summed E-state index contributed by atoms with van der Waals surface area (Å²) in [4.78, 5) is 30.3. The van der Waals surface area contributed by atoms with E-state index in [0.717, 1.165) is 54.6 Å². The molecule has 4 aliphatic rings. The van der Waals surface area contributed by atoms with Gasteiger partial charge >= 0.3 is 0 Å². The summed E-state index contributed by atoms with van der Waals surface area (Å²) in [6.07, 6.45) is 6.83. The maximum Gasteiger partial charge on any atom is 0.261 e. The van der Waals surface area contributed by atoms with Crippen molar-refractivity contribution >= 4 is 5.91 Å². The summed E-state index contributed by atoms with van der Waals surface area (Å²) in [7, 11) is 0. The number of carbonyl (C=O) groups excluding carboxylic acids is 1. The zero-order valence-corrected chi connectivity index (χ0v) is 17.9. The lowest BCUT2D eigenvalue weighted by Gasteiger charge is -2.54. The Kier molecular flexibility index (Phi) is 5.95. The SMILES string of the molecule is C=C(C)CN(CC)Cc1ccc(C(=O)NCC2C3CC4CC(C3)CC2C4)c(=O)[nH]1. The molecule has 1 aromatic heterocycles. The molecule has 158 valence electrons. The first-order chi connectivity index (χ1) is 13.9. The fraction of sp³-hybridized carbons (Fsp3) is 0.667. The fourth-order valence-electron chi connectivity index (χ4n) is 6.36. The van der Waals surface area contributed by atoms with Gasteiger partial charge in [0.2, 0.25) is 0 Å². The first-order valence-electron chi connectivity index (χ1n) is 11.3. The molecule has 0 unspecified atom stereocenters. The normalized spacial score (nSPS) is 30.0. The number of carbonyl (C=O) groups is 1. The van der Waals surface area contributed by atoms with Gasteiger partial charge in [-0.15, -0.1) is 0 Å². The predicted octanol–water partition coefficient (Wildman–Crippen LogP) is 3.58. The molecule has 0 aliphatic heterocycles. The van der Waals surface area contributed by atoms with E-state index in [1.165, 1.54) is 32.1 Å². The third-order valence-corrected chi connectivity index (χ3v) is 7.47. The van der Waals surface area contributed by atoms with Crippen molar-refractivity contribution in [2.45, 2.75) is 52.5 Å². The molecule has 4 aliphatic carbocycles. The molecule has 0 atom stereocenters. The number of rotatable bonds is 8. The summed E-state index contributed by atoms with van der Waals surface area (Å²) in [5.41, 5.74) is 1.85. The van der Waals surface area contributed by atoms with E-state index in [2.05, 4.69) is 28.7 Å². The van der Waals surface area contributed by atoms with E-state index < -0.39 is 0 Å². The van der Waals surface area contributed by atoms with Crippen LogP contribution in [0.1, 0.15) is 62.0 Å². The molecule has 0 saturated heterocycles. The van der Waals surface area contributed by atoms with Crippen LogP contribution in [-0.4, -0.2) is 35.4 Å². The summed E-state index contributed by atoms with van der Waals surface area (Å²) in [5, 5.41) is 3.08. The Hall–Kier alpha value is -1.88. The highest BCUT2D eigenvalue weighted by molar-refractivity contribution is 5.93. The van der Waals surface area contributed by atoms with Crippen molar-refractivity contribution in [2.24, 2.45) is 29.6 Å². The zero-order valence-electron chi connectivity index (χ0n) is 17.9. The highest BCUT2D eigenvalue weighted by atomic mass is 16.2. The molecule has 29 heavy (non-hydrogen) atoms. The molecule has 0 spiro atoms. The van der Waals surface area contributed by atoms with Gasteiger partial charge < -0.3 is 10.3 Å². The molecule has 2 N–H and O–H groups in total. The van der Waals surface area contributed by atoms with E-state index >= 15 is 0 Å². The summed E-state index contributed by atoms with van der Waals surface area (Å²) in [6, 6.07) is 3.54. The van der Waals surface area contributed by atoms with E-state index in [4.69, 9.17) is 0 Å². The van der Waals surface area contributed by atoms with Gasteiger partial charge in [-0.3, -0.25) is 14.5 Å². The Labute approximate surface area is 174 Å². The number of nitrogens with one attached hydrogen (secondary N) is 2. The topological polar surface area (TPSA) is 65.2 Å². The minimum absolute atomic E-state index is 0.223. The molecule has 0 radical (unpaired) electrons. The third kappa shape index (κ3) is 4.50. The van der Waals surface area contributed by atoms with E-state index in [1.807, 2.05) is 13.0 Å². The van der Waals surface area contributed by atoms with Crippen molar-refractivity contribution in [2.75, 3.05) is 19.6 Å². The Morgan fingerprint density at radius 1 is 1.17 bits per heavy atom. The second-order valence-electron chi connectivity index (χ2n) is 9.79. The lowest BCUT2D eigenvalue weighted by molar-refractivity contribution is -0.0347. The number of H-pyrrole nitrogens is 1. The van der Waals surface area contributed by atoms with E-state index in [0.29, 0.717) is 12.5 Å². The second kappa shape index (κ2) is 8.47. The summed E-state index contributed by atoms with van der Waals surface area (Å²) in [5.74, 6) is 3.80. The molecule has 5 rings (SSSR count). The standard InChI is InChI=1S/C24H35N3O2/c1-4-27(13-15(2)3)14-20-5-6-21(24(29)26-20)23(28)25-12-22-18-8-16-7-17(10-18)11-19(22)9-16/h5-6,16-19,22H,2,4,7-14H2,1,3H3,(H,25,28)(H,26,29). The molecular weight excluding hydrogens is 362 g/mol. The maximum atomic E-state index is 12.7. The van der Waals surface area contributed by atoms with Crippen LogP contribution >= 0.6 is 0 Å². The largest absolute Gasteiger partial charge is 0.352 e. The minimum Gasteiger partial charge on any atom is -0.352 e. The number of nitrogens with zero attached hydrogens (tertiary/aromatic N) is 1. The number of hydrogen-bond acceptors (Lipinski definition) is 3. The molecule has 1 aromatic rings. The van der Waals surface area contributed by atoms with Crippen LogP contribution in [0.5, 0.6) is 0 Å². The second-order valence-corrected chi connectivity index (χ2v) is 9.79. The molecule has 4 saturated carbocycles. The highest BCUT2D eigenvalue weighted by Crippen LogP contribution is 2.56. The molecule has 4 bridgehead atoms. The summed E-state index contributed by atoms with van der Waals surface area (Å²) < 4.78 is 0. The van der Waals surface area contributed by atoms with Gasteiger partial charge in [0.1, 0.15) is 5.56 Å². The van der Waals surface area contributed by atoms with Crippen LogP contribution in [0.25, 0.3) is 0 Å². The number of amides is 1. The first-order valence-corrected chi connectivity index (χ1v) is 11.3. The summed E-state index contributed by atoms with van der Waals surface area (Å²) >= 11 is 0. The minimum atomic E-state index is -0.295. The van der Waals surface area contributed by atoms with Crippen molar-refractivity contribution in [3.63, 3.8) is 0 Å². The van der Waals surface area contributed by atoms with Crippen LogP contribution < -0.4 is 10.9 Å². The molecule has 4 fully saturated rings. The first kappa shape index (κ1) is 20.4. The average Bonchev–Trinajstić information content (AvgIpc) is 2.66. The molecule has 5 nitrogen and oxygen atoms in total. The van der Waals surface area contributed by atoms with Crippen LogP contribution in [0.2, 0.25) is 0 Å². The number of likely N-dealkylation sites (N-methyl/N-ethyl adjacent to an activating group) is 1. The zero-order chi connectivity index (χ0) is 20.5. The van der Waals surface area contributed by atoms with E-state index in [9.17, 15) is 9.59 Å². The van der Waals surface area contributed by atoms with Crippen molar-refractivity contribution in [1.82, 2.24) is 15.2 Å². The number of aromatic amines is 1. The highest BCUT2D eigenvalue weighted by Gasteiger charge is 2.47. The average molecular weight is 398 g/mol. The monoisotopic (exact) mass is 397 g/mol. The molecular formula is C24H35N3O2. The maximum absolute atomic E-state index is 12.7. The molecule has 1 amide bonds. The third-order valence-electron chi connectivity index (χ3n) is 7.47. The van der Waals surface area contributed by atoms with Crippen molar-refractivity contribution in [3.05, 3.63) is 45.9 Å². The Morgan fingerprint density at radius 2 is 1.83 bits per heavy atom. The molecule has 0 aromatic carbocycles. The quantitative estimate of drug-likeness (QED) is 0.659. The van der Waals surface area contributed by atoms with Gasteiger partial charge in [0, 0.05) is 25.3 Å². The predicted molar refractivity (Wildman–Crippen MR) is 116 cm³/mol. The van der Waals surface area contributed by atoms with Gasteiger partial charge in [0.15, 0.2) is 0 Å². The van der Waals surface area contributed by atoms with Crippen LogP contribution in [0, 0.1) is 29.6 Å². The van der Waals surface area contributed by atoms with Crippen LogP contribution in [0.4, 0.5) is 0 Å². The van der Waals surface area contributed by atoms with E-state index in [1.54, 1.807) is 6.07 Å². The summed E-state index contributed by atoms with van der Waals surface area (Å²) in [6.45, 7) is 11.1. The molecule has 1 heterocycles. The van der Waals surface area contributed by atoms with Crippen molar-refractivity contribution < 1.29 is 4.79 Å². The Bertz CT molecular complexity index is 800. The van der Waals surface area contributed by atoms with Crippen molar-refractivity contribution in [1.29, 1.82) is 0 Å². The van der Waals surface area contributed by atoms with Crippen LogP contribution in [-0.2, 0) is 6.54 Å². The Balaban J connectivity index is 1.35. The molecule has 5 heteroatoms. The Morgan fingerprint density at radius 3 is 2.38 bits per heavy atom. The van der Waals surface area contributed by atoms with Crippen molar-refractivity contribution in [3.8, 4) is 0 Å². The van der Waals surface area contributed by atoms with E-state index in [-0.39, 0.29) is 17.0 Å². The fourth-order valence-corrected chi connectivity index (χ4v) is 6.36. The van der Waals surface area contributed by atoms with Gasteiger partial charge in [-0.05, 0) is 87.3 Å². The van der Waals surface area contributed by atoms with Gasteiger partial charge in [0.25, 0.3) is 11.5 Å².